The second-order valence-corrected chi connectivity index (χ2v) is 4.18. The van der Waals surface area contributed by atoms with Crippen molar-refractivity contribution in [2.45, 2.75) is 32.8 Å². The smallest absolute Gasteiger partial charge is 0.361 e. The Hall–Kier alpha value is -0.910. The Kier molecular flexibility index (Phi) is 5.49. The first-order chi connectivity index (χ1) is 6.86. The summed E-state index contributed by atoms with van der Waals surface area (Å²) in [5.74, 6) is -1.42. The van der Waals surface area contributed by atoms with E-state index in [9.17, 15) is 19.1 Å². The van der Waals surface area contributed by atoms with Crippen molar-refractivity contribution in [2.75, 3.05) is 0 Å². The monoisotopic (exact) mass is 237 g/mol. The Morgan fingerprint density at radius 2 is 1.93 bits per heavy atom. The normalized spacial score (nSPS) is 13.0. The Labute approximate surface area is 86.9 Å². The van der Waals surface area contributed by atoms with Gasteiger partial charge in [0.1, 0.15) is 6.10 Å². The molecule has 0 radical (unpaired) electrons. The fraction of sp³-hybridized carbons (Fsp3) is 0.714. The molecule has 0 heterocycles. The van der Waals surface area contributed by atoms with Crippen molar-refractivity contribution >= 4 is 19.0 Å². The minimum absolute atomic E-state index is 0.475. The maximum Gasteiger partial charge on any atom is 0.361 e. The number of carbonyl (C=O) groups is 1. The van der Waals surface area contributed by atoms with E-state index in [-0.39, 0.29) is 0 Å². The second kappa shape index (κ2) is 5.85. The van der Waals surface area contributed by atoms with Gasteiger partial charge in [-0.25, -0.2) is 4.79 Å². The molecule has 1 N–H and O–H groups in total. The molecule has 0 spiro atoms. The van der Waals surface area contributed by atoms with Crippen LogP contribution in [-0.4, -0.2) is 22.7 Å². The fourth-order valence-electron chi connectivity index (χ4n) is 0.867. The summed E-state index contributed by atoms with van der Waals surface area (Å²) >= 11 is 0. The third-order valence-electron chi connectivity index (χ3n) is 1.72. The summed E-state index contributed by atoms with van der Waals surface area (Å²) in [6.07, 6.45) is 0.451. The molecule has 88 valence electrons. The predicted octanol–water partition coefficient (Wildman–Crippen LogP) is -0.580. The van der Waals surface area contributed by atoms with Crippen LogP contribution in [0.1, 0.15) is 26.7 Å². The van der Waals surface area contributed by atoms with Crippen molar-refractivity contribution in [3.05, 3.63) is 0 Å². The largest absolute Gasteiger partial charge is 0.806 e. The van der Waals surface area contributed by atoms with Crippen molar-refractivity contribution in [2.24, 2.45) is 5.16 Å². The van der Waals surface area contributed by atoms with Gasteiger partial charge in [0.2, 0.25) is 0 Å². The number of rotatable bonds is 5. The van der Waals surface area contributed by atoms with Crippen molar-refractivity contribution in [1.82, 2.24) is 0 Å². The average Bonchev–Trinajstić information content (AvgIpc) is 2.12. The van der Waals surface area contributed by atoms with Crippen molar-refractivity contribution < 1.29 is 29.1 Å². The number of carbonyl (C=O) groups excluding carboxylic acids is 1. The summed E-state index contributed by atoms with van der Waals surface area (Å²) in [6.45, 7) is 3.45. The van der Waals surface area contributed by atoms with E-state index in [0.29, 0.717) is 12.8 Å². The second-order valence-electron chi connectivity index (χ2n) is 2.76. The van der Waals surface area contributed by atoms with Crippen LogP contribution >= 0.6 is 7.60 Å². The molecule has 0 unspecified atom stereocenters. The molecule has 0 fully saturated rings. The van der Waals surface area contributed by atoms with Crippen molar-refractivity contribution in [1.29, 1.82) is 0 Å². The topological polar surface area (TPSA) is 122 Å². The van der Waals surface area contributed by atoms with Crippen LogP contribution in [0, 0.1) is 0 Å². The van der Waals surface area contributed by atoms with E-state index in [1.165, 1.54) is 0 Å². The molecule has 0 aromatic rings. The highest BCUT2D eigenvalue weighted by atomic mass is 31.2. The Morgan fingerprint density at radius 1 is 1.47 bits per heavy atom. The fourth-order valence-corrected chi connectivity index (χ4v) is 1.25. The van der Waals surface area contributed by atoms with Crippen LogP contribution in [0.15, 0.2) is 5.16 Å². The molecule has 0 bridgehead atoms. The molecule has 0 rings (SSSR count). The van der Waals surface area contributed by atoms with Crippen molar-refractivity contribution in [3.8, 4) is 0 Å². The van der Waals surface area contributed by atoms with Gasteiger partial charge in [-0.15, -0.1) is 0 Å². The van der Waals surface area contributed by atoms with Gasteiger partial charge in [-0.3, -0.25) is 0 Å². The third-order valence-corrected chi connectivity index (χ3v) is 2.51. The molecule has 7 nitrogen and oxygen atoms in total. The lowest BCUT2D eigenvalue weighted by molar-refractivity contribution is -0.306. The Balaban J connectivity index is 4.64. The zero-order valence-electron chi connectivity index (χ0n) is 8.37. The SMILES string of the molecule is CCC(CC)OC(=O)C(=NO)P(=O)([O-])[O-]. The average molecular weight is 237 g/mol. The number of oxime groups is 1. The minimum Gasteiger partial charge on any atom is -0.806 e. The lowest BCUT2D eigenvalue weighted by Crippen LogP contribution is -2.31. The summed E-state index contributed by atoms with van der Waals surface area (Å²) in [5, 5.41) is 10.3. The molecule has 8 heteroatoms. The summed E-state index contributed by atoms with van der Waals surface area (Å²) in [5.41, 5.74) is -1.49. The van der Waals surface area contributed by atoms with Crippen molar-refractivity contribution in [3.63, 3.8) is 0 Å². The number of hydrogen-bond donors (Lipinski definition) is 1. The van der Waals surface area contributed by atoms with E-state index in [1.54, 1.807) is 13.8 Å². The van der Waals surface area contributed by atoms with E-state index >= 15 is 0 Å². The maximum atomic E-state index is 11.1. The molecule has 15 heavy (non-hydrogen) atoms. The molecular formula is C7H12NO6P-2. The lowest BCUT2D eigenvalue weighted by atomic mass is 10.2. The van der Waals surface area contributed by atoms with E-state index in [1.807, 2.05) is 0 Å². The maximum absolute atomic E-state index is 11.1. The molecular weight excluding hydrogens is 225 g/mol. The summed E-state index contributed by atoms with van der Waals surface area (Å²) in [7, 11) is -5.38. The van der Waals surface area contributed by atoms with Gasteiger partial charge in [0, 0.05) is 0 Å². The van der Waals surface area contributed by atoms with E-state index in [2.05, 4.69) is 9.89 Å². The molecule has 0 aliphatic rings. The zero-order chi connectivity index (χ0) is 12.1. The molecule has 0 atom stereocenters. The quantitative estimate of drug-likeness (QED) is 0.224. The third kappa shape index (κ3) is 4.42. The highest BCUT2D eigenvalue weighted by molar-refractivity contribution is 7.71. The summed E-state index contributed by atoms with van der Waals surface area (Å²) in [6, 6.07) is 0. The van der Waals surface area contributed by atoms with E-state index < -0.39 is 25.1 Å². The summed E-state index contributed by atoms with van der Waals surface area (Å²) in [4.78, 5) is 31.9. The first-order valence-corrected chi connectivity index (χ1v) is 5.86. The molecule has 0 saturated heterocycles. The van der Waals surface area contributed by atoms with Crippen LogP contribution in [-0.2, 0) is 14.1 Å². The van der Waals surface area contributed by atoms with Gasteiger partial charge in [-0.2, -0.15) is 0 Å². The van der Waals surface area contributed by atoms with Gasteiger partial charge in [0.15, 0.2) is 5.45 Å². The molecule has 0 aromatic carbocycles. The molecule has 0 aliphatic carbocycles. The van der Waals surface area contributed by atoms with E-state index in [4.69, 9.17) is 5.21 Å². The number of ether oxygens (including phenoxy) is 1. The van der Waals surface area contributed by atoms with Gasteiger partial charge >= 0.3 is 5.97 Å². The van der Waals surface area contributed by atoms with E-state index in [0.717, 1.165) is 0 Å². The van der Waals surface area contributed by atoms with Crippen LogP contribution in [0.3, 0.4) is 0 Å². The minimum atomic E-state index is -5.38. The van der Waals surface area contributed by atoms with Crippen LogP contribution in [0.2, 0.25) is 0 Å². The first kappa shape index (κ1) is 14.1. The number of esters is 1. The molecule has 0 saturated carbocycles. The highest BCUT2D eigenvalue weighted by Crippen LogP contribution is 2.27. The molecule has 0 aliphatic heterocycles. The van der Waals surface area contributed by atoms with Crippen LogP contribution in [0.25, 0.3) is 0 Å². The van der Waals surface area contributed by atoms with Gasteiger partial charge < -0.3 is 24.3 Å². The Bertz CT molecular complexity index is 292. The first-order valence-electron chi connectivity index (χ1n) is 4.32. The van der Waals surface area contributed by atoms with Gasteiger partial charge in [-0.1, -0.05) is 19.0 Å². The molecule has 0 amide bonds. The number of hydrogen-bond acceptors (Lipinski definition) is 7. The van der Waals surface area contributed by atoms with Crippen LogP contribution < -0.4 is 9.79 Å². The highest BCUT2D eigenvalue weighted by Gasteiger charge is 2.20. The number of nitrogens with zero attached hydrogens (tertiary/aromatic N) is 1. The van der Waals surface area contributed by atoms with Crippen LogP contribution in [0.5, 0.6) is 0 Å². The molecule has 0 aromatic heterocycles. The predicted molar refractivity (Wildman–Crippen MR) is 47.3 cm³/mol. The zero-order valence-corrected chi connectivity index (χ0v) is 9.27. The van der Waals surface area contributed by atoms with Gasteiger partial charge in [0.05, 0.1) is 0 Å². The lowest BCUT2D eigenvalue weighted by Gasteiger charge is -2.28. The van der Waals surface area contributed by atoms with Gasteiger partial charge in [0.25, 0.3) is 0 Å². The Morgan fingerprint density at radius 3 is 2.20 bits per heavy atom. The summed E-state index contributed by atoms with van der Waals surface area (Å²) < 4.78 is 15.1. The van der Waals surface area contributed by atoms with Gasteiger partial charge in [-0.05, 0) is 20.4 Å². The standard InChI is InChI=1S/C7H14NO6P/c1-3-5(4-2)14-7(9)6(8-10)15(11,12)13/h5,10H,3-4H2,1-2H3,(H2,11,12,13)/p-2. The van der Waals surface area contributed by atoms with Crippen LogP contribution in [0.4, 0.5) is 0 Å².